The van der Waals surface area contributed by atoms with E-state index in [0.717, 1.165) is 22.3 Å². The monoisotopic (exact) mass is 466 g/mol. The van der Waals surface area contributed by atoms with Gasteiger partial charge in [-0.2, -0.15) is 0 Å². The van der Waals surface area contributed by atoms with Crippen LogP contribution in [-0.4, -0.2) is 55.5 Å². The van der Waals surface area contributed by atoms with Gasteiger partial charge < -0.3 is 25.2 Å². The number of carboxylic acid groups (broad SMARTS) is 1. The van der Waals surface area contributed by atoms with Crippen LogP contribution in [0.25, 0.3) is 11.1 Å². The normalized spacial score (nSPS) is 21.4. The molecule has 0 spiro atoms. The van der Waals surface area contributed by atoms with Crippen LogP contribution < -0.4 is 10.6 Å². The zero-order valence-corrected chi connectivity index (χ0v) is 19.6. The summed E-state index contributed by atoms with van der Waals surface area (Å²) in [5, 5.41) is 14.8. The van der Waals surface area contributed by atoms with Crippen molar-refractivity contribution in [2.45, 2.75) is 32.7 Å². The first-order chi connectivity index (χ1) is 16.1. The van der Waals surface area contributed by atoms with Crippen molar-refractivity contribution in [3.8, 4) is 11.1 Å². The number of amides is 2. The summed E-state index contributed by atoms with van der Waals surface area (Å²) in [5.74, 6) is -1.44. The first kappa shape index (κ1) is 23.8. The van der Waals surface area contributed by atoms with Gasteiger partial charge in [0.15, 0.2) is 0 Å². The van der Waals surface area contributed by atoms with E-state index in [1.165, 1.54) is 13.8 Å². The second kappa shape index (κ2) is 9.10. The van der Waals surface area contributed by atoms with Crippen LogP contribution in [0.15, 0.2) is 48.5 Å². The van der Waals surface area contributed by atoms with Gasteiger partial charge in [0, 0.05) is 12.5 Å². The highest BCUT2D eigenvalue weighted by Gasteiger charge is 2.48. The van der Waals surface area contributed by atoms with Gasteiger partial charge in [-0.15, -0.1) is 0 Å². The number of carbonyl (C=O) groups is 3. The minimum absolute atomic E-state index is 0.0333. The summed E-state index contributed by atoms with van der Waals surface area (Å²) in [4.78, 5) is 36.9. The lowest BCUT2D eigenvalue weighted by Gasteiger charge is -2.30. The molecule has 8 nitrogen and oxygen atoms in total. The maximum atomic E-state index is 12.9. The molecular formula is C26H30N2O6. The number of nitrogens with one attached hydrogen (secondary N) is 2. The molecule has 2 aliphatic rings. The van der Waals surface area contributed by atoms with Gasteiger partial charge in [0.05, 0.1) is 30.1 Å². The quantitative estimate of drug-likeness (QED) is 0.578. The van der Waals surface area contributed by atoms with Crippen molar-refractivity contribution in [1.82, 2.24) is 10.6 Å². The van der Waals surface area contributed by atoms with E-state index in [4.69, 9.17) is 9.47 Å². The topological polar surface area (TPSA) is 114 Å². The maximum absolute atomic E-state index is 12.9. The predicted molar refractivity (Wildman–Crippen MR) is 125 cm³/mol. The third-order valence-electron chi connectivity index (χ3n) is 6.88. The Morgan fingerprint density at radius 2 is 1.68 bits per heavy atom. The van der Waals surface area contributed by atoms with Crippen LogP contribution in [-0.2, 0) is 19.1 Å². The van der Waals surface area contributed by atoms with Gasteiger partial charge in [0.2, 0.25) is 5.91 Å². The predicted octanol–water partition coefficient (Wildman–Crippen LogP) is 3.16. The molecule has 0 radical (unpaired) electrons. The lowest BCUT2D eigenvalue weighted by Crippen LogP contribution is -2.55. The SMILES string of the molecule is CC(C)(CNC(=O)C1(C)COCC1NC(=O)OCC1c2ccccc2-c2ccccc21)C(=O)O. The van der Waals surface area contributed by atoms with Crippen molar-refractivity contribution >= 4 is 18.0 Å². The zero-order chi connectivity index (χ0) is 24.5. The molecule has 0 bridgehead atoms. The molecule has 2 aromatic carbocycles. The second-order valence-electron chi connectivity index (χ2n) is 9.83. The minimum Gasteiger partial charge on any atom is -0.481 e. The van der Waals surface area contributed by atoms with Crippen molar-refractivity contribution in [1.29, 1.82) is 0 Å². The van der Waals surface area contributed by atoms with E-state index in [2.05, 4.69) is 22.8 Å². The first-order valence-corrected chi connectivity index (χ1v) is 11.3. The molecule has 2 atom stereocenters. The largest absolute Gasteiger partial charge is 0.481 e. The molecule has 8 heteroatoms. The van der Waals surface area contributed by atoms with Gasteiger partial charge in [0.25, 0.3) is 0 Å². The molecule has 4 rings (SSSR count). The lowest BCUT2D eigenvalue weighted by molar-refractivity contribution is -0.147. The molecule has 34 heavy (non-hydrogen) atoms. The van der Waals surface area contributed by atoms with Crippen LogP contribution in [0.4, 0.5) is 4.79 Å². The van der Waals surface area contributed by atoms with E-state index in [-0.39, 0.29) is 38.2 Å². The van der Waals surface area contributed by atoms with Crippen molar-refractivity contribution in [2.75, 3.05) is 26.4 Å². The fourth-order valence-electron chi connectivity index (χ4n) is 4.46. The van der Waals surface area contributed by atoms with Crippen LogP contribution in [0.3, 0.4) is 0 Å². The molecule has 1 saturated heterocycles. The number of rotatable bonds is 7. The summed E-state index contributed by atoms with van der Waals surface area (Å²) in [5.41, 5.74) is 2.37. The van der Waals surface area contributed by atoms with E-state index in [1.807, 2.05) is 36.4 Å². The molecule has 1 aliphatic carbocycles. The summed E-state index contributed by atoms with van der Waals surface area (Å²) in [7, 11) is 0. The Morgan fingerprint density at radius 3 is 2.26 bits per heavy atom. The number of carbonyl (C=O) groups excluding carboxylic acids is 2. The molecular weight excluding hydrogens is 436 g/mol. The standard InChI is InChI=1S/C26H30N2O6/c1-25(2,23(30)31)14-27-22(29)26(3)15-33-13-21(26)28-24(32)34-12-20-18-10-6-4-8-16(18)17-9-5-7-11-19(17)20/h4-11,20-21H,12-15H2,1-3H3,(H,27,29)(H,28,32)(H,30,31). The highest BCUT2D eigenvalue weighted by molar-refractivity contribution is 5.85. The number of alkyl carbamates (subject to hydrolysis) is 1. The van der Waals surface area contributed by atoms with Crippen LogP contribution in [0.5, 0.6) is 0 Å². The van der Waals surface area contributed by atoms with Gasteiger partial charge in [-0.1, -0.05) is 48.5 Å². The molecule has 1 fully saturated rings. The van der Waals surface area contributed by atoms with Crippen molar-refractivity contribution < 1.29 is 29.0 Å². The maximum Gasteiger partial charge on any atom is 0.407 e. The fourth-order valence-corrected chi connectivity index (χ4v) is 4.46. The lowest BCUT2D eigenvalue weighted by atomic mass is 9.83. The Hall–Kier alpha value is -3.39. The van der Waals surface area contributed by atoms with E-state index in [9.17, 15) is 19.5 Å². The third-order valence-corrected chi connectivity index (χ3v) is 6.88. The molecule has 2 unspecified atom stereocenters. The number of carboxylic acids is 1. The van der Waals surface area contributed by atoms with E-state index < -0.39 is 28.9 Å². The van der Waals surface area contributed by atoms with Gasteiger partial charge in [-0.05, 0) is 43.0 Å². The van der Waals surface area contributed by atoms with Crippen molar-refractivity contribution in [3.05, 3.63) is 59.7 Å². The molecule has 0 saturated carbocycles. The number of hydrogen-bond donors (Lipinski definition) is 3. The number of benzene rings is 2. The van der Waals surface area contributed by atoms with Crippen molar-refractivity contribution in [2.24, 2.45) is 10.8 Å². The Bertz CT molecular complexity index is 1070. The highest BCUT2D eigenvalue weighted by atomic mass is 16.5. The molecule has 2 amide bonds. The Labute approximate surface area is 198 Å². The molecule has 2 aromatic rings. The van der Waals surface area contributed by atoms with Gasteiger partial charge >= 0.3 is 12.1 Å². The van der Waals surface area contributed by atoms with E-state index in [1.54, 1.807) is 6.92 Å². The Balaban J connectivity index is 1.38. The van der Waals surface area contributed by atoms with Crippen LogP contribution in [0.1, 0.15) is 37.8 Å². The van der Waals surface area contributed by atoms with Gasteiger partial charge in [-0.3, -0.25) is 9.59 Å². The van der Waals surface area contributed by atoms with Crippen LogP contribution in [0.2, 0.25) is 0 Å². The molecule has 180 valence electrons. The zero-order valence-electron chi connectivity index (χ0n) is 19.6. The van der Waals surface area contributed by atoms with Crippen LogP contribution in [0, 0.1) is 10.8 Å². The Kier molecular flexibility index (Phi) is 6.36. The number of fused-ring (bicyclic) bond motifs is 3. The Morgan fingerprint density at radius 1 is 1.09 bits per heavy atom. The summed E-state index contributed by atoms with van der Waals surface area (Å²) in [6.45, 7) is 5.18. The average Bonchev–Trinajstić information content (AvgIpc) is 3.34. The van der Waals surface area contributed by atoms with Gasteiger partial charge in [-0.25, -0.2) is 4.79 Å². The van der Waals surface area contributed by atoms with E-state index >= 15 is 0 Å². The molecule has 1 heterocycles. The minimum atomic E-state index is -1.11. The summed E-state index contributed by atoms with van der Waals surface area (Å²) in [6, 6.07) is 15.6. The summed E-state index contributed by atoms with van der Waals surface area (Å²) in [6.07, 6.45) is -0.623. The number of ether oxygens (including phenoxy) is 2. The first-order valence-electron chi connectivity index (χ1n) is 11.3. The van der Waals surface area contributed by atoms with Gasteiger partial charge in [0.1, 0.15) is 6.61 Å². The summed E-state index contributed by atoms with van der Waals surface area (Å²) < 4.78 is 11.1. The highest BCUT2D eigenvalue weighted by Crippen LogP contribution is 2.44. The van der Waals surface area contributed by atoms with Crippen LogP contribution >= 0.6 is 0 Å². The summed E-state index contributed by atoms with van der Waals surface area (Å²) >= 11 is 0. The third kappa shape index (κ3) is 4.37. The second-order valence-corrected chi connectivity index (χ2v) is 9.83. The average molecular weight is 467 g/mol. The van der Waals surface area contributed by atoms with E-state index in [0.29, 0.717) is 0 Å². The molecule has 3 N–H and O–H groups in total. The number of hydrogen-bond acceptors (Lipinski definition) is 5. The smallest absolute Gasteiger partial charge is 0.407 e. The van der Waals surface area contributed by atoms with Crippen molar-refractivity contribution in [3.63, 3.8) is 0 Å². The fraction of sp³-hybridized carbons (Fsp3) is 0.423. The molecule has 0 aromatic heterocycles. The number of aliphatic carboxylic acids is 1. The molecule has 1 aliphatic heterocycles.